The lowest BCUT2D eigenvalue weighted by Crippen LogP contribution is -1.79. The molecule has 0 aliphatic carbocycles. The lowest BCUT2D eigenvalue weighted by Gasteiger charge is -1.98. The van der Waals surface area contributed by atoms with Crippen molar-refractivity contribution in [1.82, 2.24) is 0 Å². The first kappa shape index (κ1) is 11.3. The maximum absolute atomic E-state index is 13.5. The molecular weight excluding hydrogens is 219 g/mol. The van der Waals surface area contributed by atoms with Crippen LogP contribution in [0.25, 0.3) is 10.4 Å². The molecule has 0 fully saturated rings. The molecule has 1 aromatic heterocycles. The van der Waals surface area contributed by atoms with Gasteiger partial charge in [-0.05, 0) is 31.0 Å². The van der Waals surface area contributed by atoms with Gasteiger partial charge in [-0.15, -0.1) is 11.3 Å². The van der Waals surface area contributed by atoms with Crippen LogP contribution in [0.2, 0.25) is 0 Å². The smallest absolute Gasteiger partial charge is 0.131 e. The van der Waals surface area contributed by atoms with Crippen LogP contribution in [0.1, 0.15) is 24.6 Å². The molecule has 0 saturated heterocycles. The number of aryl methyl sites for hydroxylation is 1. The van der Waals surface area contributed by atoms with Gasteiger partial charge in [-0.2, -0.15) is 0 Å². The molecule has 0 aliphatic rings. The zero-order valence-corrected chi connectivity index (χ0v) is 10.2. The minimum atomic E-state index is -0.133. The van der Waals surface area contributed by atoms with Crippen molar-refractivity contribution in [3.05, 3.63) is 47.1 Å². The molecule has 0 aliphatic heterocycles. The molecule has 2 aromatic rings. The highest BCUT2D eigenvalue weighted by molar-refractivity contribution is 7.15. The zero-order valence-electron chi connectivity index (χ0n) is 9.37. The summed E-state index contributed by atoms with van der Waals surface area (Å²) >= 11 is 1.70. The van der Waals surface area contributed by atoms with E-state index in [4.69, 9.17) is 0 Å². The van der Waals surface area contributed by atoms with E-state index < -0.39 is 0 Å². The fraction of sp³-hybridized carbons (Fsp3) is 0.286. The monoisotopic (exact) mass is 234 g/mol. The van der Waals surface area contributed by atoms with Crippen LogP contribution in [-0.2, 0) is 6.42 Å². The standard InChI is InChI=1S/C14H15FS/c1-2-3-6-11-9-10-14(16-11)12-7-4-5-8-13(12)15/h4-5,7-10H,2-3,6H2,1H3. The van der Waals surface area contributed by atoms with Gasteiger partial charge in [0.15, 0.2) is 0 Å². The van der Waals surface area contributed by atoms with E-state index in [1.807, 2.05) is 18.2 Å². The lowest BCUT2D eigenvalue weighted by atomic mass is 10.2. The van der Waals surface area contributed by atoms with Crippen LogP contribution in [0.4, 0.5) is 4.39 Å². The number of hydrogen-bond acceptors (Lipinski definition) is 1. The van der Waals surface area contributed by atoms with Crippen molar-refractivity contribution in [1.29, 1.82) is 0 Å². The van der Waals surface area contributed by atoms with Crippen LogP contribution < -0.4 is 0 Å². The Hall–Kier alpha value is -1.15. The molecule has 0 atom stereocenters. The average Bonchev–Trinajstić information content (AvgIpc) is 2.75. The number of thiophene rings is 1. The minimum Gasteiger partial charge on any atom is -0.206 e. The second kappa shape index (κ2) is 5.26. The Bertz CT molecular complexity index is 459. The van der Waals surface area contributed by atoms with Crippen LogP contribution in [0.3, 0.4) is 0 Å². The highest BCUT2D eigenvalue weighted by atomic mass is 32.1. The quantitative estimate of drug-likeness (QED) is 0.706. The van der Waals surface area contributed by atoms with Gasteiger partial charge in [0.05, 0.1) is 0 Å². The van der Waals surface area contributed by atoms with E-state index in [0.29, 0.717) is 0 Å². The van der Waals surface area contributed by atoms with Gasteiger partial charge in [-0.3, -0.25) is 0 Å². The second-order valence-corrected chi connectivity index (χ2v) is 5.02. The second-order valence-electron chi connectivity index (χ2n) is 3.85. The first-order chi connectivity index (χ1) is 7.81. The van der Waals surface area contributed by atoms with Gasteiger partial charge in [-0.1, -0.05) is 31.5 Å². The van der Waals surface area contributed by atoms with E-state index in [-0.39, 0.29) is 5.82 Å². The van der Waals surface area contributed by atoms with Gasteiger partial charge in [0.1, 0.15) is 5.82 Å². The van der Waals surface area contributed by atoms with Crippen molar-refractivity contribution < 1.29 is 4.39 Å². The molecule has 2 heteroatoms. The molecule has 0 N–H and O–H groups in total. The Balaban J connectivity index is 2.22. The third-order valence-electron chi connectivity index (χ3n) is 2.58. The number of benzene rings is 1. The Morgan fingerprint density at radius 1 is 1.12 bits per heavy atom. The summed E-state index contributed by atoms with van der Waals surface area (Å²) in [6, 6.07) is 11.1. The van der Waals surface area contributed by atoms with Crippen LogP contribution in [0.15, 0.2) is 36.4 Å². The molecule has 0 saturated carbocycles. The first-order valence-electron chi connectivity index (χ1n) is 5.65. The molecule has 0 unspecified atom stereocenters. The number of rotatable bonds is 4. The SMILES string of the molecule is CCCCc1ccc(-c2ccccc2F)s1. The molecule has 0 bridgehead atoms. The fourth-order valence-corrected chi connectivity index (χ4v) is 2.75. The van der Waals surface area contributed by atoms with Gasteiger partial charge in [0.2, 0.25) is 0 Å². The summed E-state index contributed by atoms with van der Waals surface area (Å²) in [4.78, 5) is 2.38. The summed E-state index contributed by atoms with van der Waals surface area (Å²) in [5.41, 5.74) is 0.718. The Morgan fingerprint density at radius 3 is 2.69 bits per heavy atom. The zero-order chi connectivity index (χ0) is 11.4. The van der Waals surface area contributed by atoms with Crippen molar-refractivity contribution in [2.75, 3.05) is 0 Å². The summed E-state index contributed by atoms with van der Waals surface area (Å²) in [5.74, 6) is -0.133. The topological polar surface area (TPSA) is 0 Å². The van der Waals surface area contributed by atoms with Gasteiger partial charge in [-0.25, -0.2) is 4.39 Å². The van der Waals surface area contributed by atoms with E-state index in [2.05, 4.69) is 13.0 Å². The third-order valence-corrected chi connectivity index (χ3v) is 3.76. The largest absolute Gasteiger partial charge is 0.206 e. The average molecular weight is 234 g/mol. The van der Waals surface area contributed by atoms with Crippen molar-refractivity contribution in [2.24, 2.45) is 0 Å². The fourth-order valence-electron chi connectivity index (χ4n) is 1.67. The molecule has 2 rings (SSSR count). The van der Waals surface area contributed by atoms with Gasteiger partial charge in [0.25, 0.3) is 0 Å². The maximum atomic E-state index is 13.5. The third kappa shape index (κ3) is 2.50. The summed E-state index contributed by atoms with van der Waals surface area (Å²) in [6.07, 6.45) is 3.51. The van der Waals surface area contributed by atoms with E-state index in [0.717, 1.165) is 16.9 Å². The van der Waals surface area contributed by atoms with E-state index in [9.17, 15) is 4.39 Å². The lowest BCUT2D eigenvalue weighted by molar-refractivity contribution is 0.631. The van der Waals surface area contributed by atoms with Crippen LogP contribution in [0.5, 0.6) is 0 Å². The van der Waals surface area contributed by atoms with Crippen LogP contribution >= 0.6 is 11.3 Å². The van der Waals surface area contributed by atoms with Gasteiger partial charge < -0.3 is 0 Å². The summed E-state index contributed by atoms with van der Waals surface area (Å²) in [5, 5.41) is 0. The molecule has 0 spiro atoms. The van der Waals surface area contributed by atoms with Crippen molar-refractivity contribution in [3.63, 3.8) is 0 Å². The molecule has 0 amide bonds. The molecule has 1 heterocycles. The minimum absolute atomic E-state index is 0.133. The highest BCUT2D eigenvalue weighted by Crippen LogP contribution is 2.30. The summed E-state index contributed by atoms with van der Waals surface area (Å²) in [7, 11) is 0. The maximum Gasteiger partial charge on any atom is 0.131 e. The Morgan fingerprint density at radius 2 is 1.94 bits per heavy atom. The molecule has 84 valence electrons. The Labute approximate surface area is 99.8 Å². The van der Waals surface area contributed by atoms with E-state index in [1.54, 1.807) is 17.4 Å². The van der Waals surface area contributed by atoms with Crippen molar-refractivity contribution >= 4 is 11.3 Å². The van der Waals surface area contributed by atoms with E-state index >= 15 is 0 Å². The highest BCUT2D eigenvalue weighted by Gasteiger charge is 2.06. The number of hydrogen-bond donors (Lipinski definition) is 0. The predicted molar refractivity (Wildman–Crippen MR) is 68.3 cm³/mol. The number of halogens is 1. The van der Waals surface area contributed by atoms with Crippen LogP contribution in [0, 0.1) is 5.82 Å². The molecule has 0 nitrogen and oxygen atoms in total. The molecule has 16 heavy (non-hydrogen) atoms. The first-order valence-corrected chi connectivity index (χ1v) is 6.46. The molecule has 1 aromatic carbocycles. The molecular formula is C14H15FS. The summed E-state index contributed by atoms with van der Waals surface area (Å²) in [6.45, 7) is 2.19. The van der Waals surface area contributed by atoms with E-state index in [1.165, 1.54) is 23.8 Å². The Kier molecular flexibility index (Phi) is 3.73. The van der Waals surface area contributed by atoms with Gasteiger partial charge >= 0.3 is 0 Å². The van der Waals surface area contributed by atoms with Crippen molar-refractivity contribution in [3.8, 4) is 10.4 Å². The van der Waals surface area contributed by atoms with Gasteiger partial charge in [0, 0.05) is 15.3 Å². The number of unbranched alkanes of at least 4 members (excludes halogenated alkanes) is 1. The van der Waals surface area contributed by atoms with Crippen molar-refractivity contribution in [2.45, 2.75) is 26.2 Å². The molecule has 0 radical (unpaired) electrons. The normalized spacial score (nSPS) is 10.6. The summed E-state index contributed by atoms with van der Waals surface area (Å²) < 4.78 is 13.5. The van der Waals surface area contributed by atoms with Crippen LogP contribution in [-0.4, -0.2) is 0 Å². The predicted octanol–water partition coefficient (Wildman–Crippen LogP) is 4.90.